The minimum Gasteiger partial charge on any atom is -0.303 e. The van der Waals surface area contributed by atoms with Crippen LogP contribution in [0, 0.1) is 17.5 Å². The van der Waals surface area contributed by atoms with Gasteiger partial charge in [-0.1, -0.05) is 6.07 Å². The highest BCUT2D eigenvalue weighted by Gasteiger charge is 2.20. The van der Waals surface area contributed by atoms with Crippen molar-refractivity contribution < 1.29 is 13.2 Å². The standard InChI is InChI=1S/C15H15F3N2/c1-9(2)20-15(14-6-4-11(17)8-19-14)12-5-3-10(16)7-13(12)18/h3-9,15,20H,1-2H3. The van der Waals surface area contributed by atoms with Crippen LogP contribution in [0.15, 0.2) is 36.5 Å². The topological polar surface area (TPSA) is 24.9 Å². The molecule has 1 unspecified atom stereocenters. The molecule has 106 valence electrons. The van der Waals surface area contributed by atoms with Crippen LogP contribution in [0.2, 0.25) is 0 Å². The molecule has 5 heteroatoms. The number of aromatic nitrogens is 1. The summed E-state index contributed by atoms with van der Waals surface area (Å²) in [4.78, 5) is 3.97. The lowest BCUT2D eigenvalue weighted by Gasteiger charge is -2.22. The highest BCUT2D eigenvalue weighted by Crippen LogP contribution is 2.24. The molecule has 0 aliphatic heterocycles. The first-order valence-electron chi connectivity index (χ1n) is 6.30. The average molecular weight is 280 g/mol. The van der Waals surface area contributed by atoms with Crippen LogP contribution >= 0.6 is 0 Å². The minimum absolute atomic E-state index is 0.0521. The van der Waals surface area contributed by atoms with E-state index in [0.29, 0.717) is 5.69 Å². The summed E-state index contributed by atoms with van der Waals surface area (Å²) in [6, 6.07) is 5.63. The summed E-state index contributed by atoms with van der Waals surface area (Å²) in [6.07, 6.45) is 1.08. The normalized spacial score (nSPS) is 12.7. The van der Waals surface area contributed by atoms with Crippen molar-refractivity contribution in [3.8, 4) is 0 Å². The van der Waals surface area contributed by atoms with Gasteiger partial charge in [-0.05, 0) is 32.0 Å². The van der Waals surface area contributed by atoms with E-state index < -0.39 is 23.5 Å². The molecule has 0 amide bonds. The van der Waals surface area contributed by atoms with E-state index in [-0.39, 0.29) is 11.6 Å². The van der Waals surface area contributed by atoms with Crippen LogP contribution < -0.4 is 5.32 Å². The van der Waals surface area contributed by atoms with Crippen molar-refractivity contribution >= 4 is 0 Å². The zero-order valence-corrected chi connectivity index (χ0v) is 11.2. The first-order chi connectivity index (χ1) is 9.47. The van der Waals surface area contributed by atoms with Gasteiger partial charge in [0.2, 0.25) is 0 Å². The summed E-state index contributed by atoms with van der Waals surface area (Å²) in [6.45, 7) is 3.80. The molecule has 0 saturated carbocycles. The van der Waals surface area contributed by atoms with Gasteiger partial charge >= 0.3 is 0 Å². The van der Waals surface area contributed by atoms with Crippen LogP contribution in [0.4, 0.5) is 13.2 Å². The van der Waals surface area contributed by atoms with Crippen LogP contribution in [-0.2, 0) is 0 Å². The highest BCUT2D eigenvalue weighted by molar-refractivity contribution is 5.29. The summed E-state index contributed by atoms with van der Waals surface area (Å²) >= 11 is 0. The van der Waals surface area contributed by atoms with Crippen molar-refractivity contribution in [3.63, 3.8) is 0 Å². The molecule has 1 aromatic heterocycles. The SMILES string of the molecule is CC(C)NC(c1ccc(F)cn1)c1ccc(F)cc1F. The van der Waals surface area contributed by atoms with E-state index in [9.17, 15) is 13.2 Å². The molecule has 2 rings (SSSR count). The number of halogens is 3. The second-order valence-corrected chi connectivity index (χ2v) is 4.82. The molecule has 0 aliphatic carbocycles. The van der Waals surface area contributed by atoms with Crippen molar-refractivity contribution in [1.82, 2.24) is 10.3 Å². The fraction of sp³-hybridized carbons (Fsp3) is 0.267. The largest absolute Gasteiger partial charge is 0.303 e. The Morgan fingerprint density at radius 1 is 1.00 bits per heavy atom. The predicted octanol–water partition coefficient (Wildman–Crippen LogP) is 3.59. The molecule has 1 N–H and O–H groups in total. The van der Waals surface area contributed by atoms with E-state index in [4.69, 9.17) is 0 Å². The lowest BCUT2D eigenvalue weighted by Crippen LogP contribution is -2.30. The first-order valence-corrected chi connectivity index (χ1v) is 6.30. The predicted molar refractivity (Wildman–Crippen MR) is 70.7 cm³/mol. The molecule has 0 radical (unpaired) electrons. The van der Waals surface area contributed by atoms with Gasteiger partial charge in [0.05, 0.1) is 17.9 Å². The van der Waals surface area contributed by atoms with E-state index in [2.05, 4.69) is 10.3 Å². The van der Waals surface area contributed by atoms with Gasteiger partial charge in [-0.15, -0.1) is 0 Å². The molecule has 1 aromatic carbocycles. The van der Waals surface area contributed by atoms with Crippen LogP contribution in [0.5, 0.6) is 0 Å². The van der Waals surface area contributed by atoms with Gasteiger partial charge in [0.1, 0.15) is 17.5 Å². The number of pyridine rings is 1. The molecule has 0 spiro atoms. The van der Waals surface area contributed by atoms with Crippen molar-refractivity contribution in [2.75, 3.05) is 0 Å². The number of rotatable bonds is 4. The molecule has 0 aliphatic rings. The Kier molecular flexibility index (Phi) is 4.39. The van der Waals surface area contributed by atoms with Crippen molar-refractivity contribution in [2.45, 2.75) is 25.9 Å². The second kappa shape index (κ2) is 6.05. The van der Waals surface area contributed by atoms with Gasteiger partial charge in [0.15, 0.2) is 0 Å². The maximum Gasteiger partial charge on any atom is 0.141 e. The molecule has 20 heavy (non-hydrogen) atoms. The summed E-state index contributed by atoms with van der Waals surface area (Å²) in [5, 5.41) is 3.14. The zero-order chi connectivity index (χ0) is 14.7. The van der Waals surface area contributed by atoms with E-state index in [1.807, 2.05) is 13.8 Å². The number of hydrogen-bond donors (Lipinski definition) is 1. The summed E-state index contributed by atoms with van der Waals surface area (Å²) < 4.78 is 39.9. The van der Waals surface area contributed by atoms with E-state index in [1.165, 1.54) is 24.3 Å². The van der Waals surface area contributed by atoms with Gasteiger partial charge in [0, 0.05) is 17.7 Å². The molecule has 1 heterocycles. The molecule has 2 nitrogen and oxygen atoms in total. The van der Waals surface area contributed by atoms with Crippen LogP contribution in [0.1, 0.15) is 31.1 Å². The second-order valence-electron chi connectivity index (χ2n) is 4.82. The first kappa shape index (κ1) is 14.5. The van der Waals surface area contributed by atoms with Crippen LogP contribution in [-0.4, -0.2) is 11.0 Å². The van der Waals surface area contributed by atoms with Gasteiger partial charge in [-0.25, -0.2) is 13.2 Å². The highest BCUT2D eigenvalue weighted by atomic mass is 19.1. The molecule has 1 atom stereocenters. The molecule has 0 saturated heterocycles. The lowest BCUT2D eigenvalue weighted by molar-refractivity contribution is 0.489. The maximum absolute atomic E-state index is 13.9. The lowest BCUT2D eigenvalue weighted by atomic mass is 10.0. The van der Waals surface area contributed by atoms with Crippen molar-refractivity contribution in [1.29, 1.82) is 0 Å². The molecular formula is C15H15F3N2. The Morgan fingerprint density at radius 3 is 2.25 bits per heavy atom. The molecule has 0 bridgehead atoms. The van der Waals surface area contributed by atoms with Gasteiger partial charge in [-0.3, -0.25) is 4.98 Å². The number of benzene rings is 1. The summed E-state index contributed by atoms with van der Waals surface area (Å²) in [7, 11) is 0. The Labute approximate surface area is 115 Å². The van der Waals surface area contributed by atoms with E-state index >= 15 is 0 Å². The quantitative estimate of drug-likeness (QED) is 0.925. The summed E-state index contributed by atoms with van der Waals surface area (Å²) in [5.41, 5.74) is 0.754. The molecule has 0 fully saturated rings. The summed E-state index contributed by atoms with van der Waals surface area (Å²) in [5.74, 6) is -1.76. The smallest absolute Gasteiger partial charge is 0.141 e. The Morgan fingerprint density at radius 2 is 1.70 bits per heavy atom. The van der Waals surface area contributed by atoms with Crippen LogP contribution in [0.25, 0.3) is 0 Å². The third-order valence-electron chi connectivity index (χ3n) is 2.82. The Hall–Kier alpha value is -1.88. The van der Waals surface area contributed by atoms with Crippen molar-refractivity contribution in [3.05, 3.63) is 65.2 Å². The zero-order valence-electron chi connectivity index (χ0n) is 11.2. The molecule has 2 aromatic rings. The number of hydrogen-bond acceptors (Lipinski definition) is 2. The third kappa shape index (κ3) is 3.36. The number of nitrogens with zero attached hydrogens (tertiary/aromatic N) is 1. The number of nitrogens with one attached hydrogen (secondary N) is 1. The minimum atomic E-state index is -0.658. The Balaban J connectivity index is 2.43. The fourth-order valence-electron chi connectivity index (χ4n) is 1.96. The Bertz CT molecular complexity index is 582. The monoisotopic (exact) mass is 280 g/mol. The third-order valence-corrected chi connectivity index (χ3v) is 2.82. The van der Waals surface area contributed by atoms with E-state index in [0.717, 1.165) is 12.3 Å². The van der Waals surface area contributed by atoms with Crippen molar-refractivity contribution in [2.24, 2.45) is 0 Å². The maximum atomic E-state index is 13.9. The van der Waals surface area contributed by atoms with Gasteiger partial charge in [0.25, 0.3) is 0 Å². The van der Waals surface area contributed by atoms with Crippen LogP contribution in [0.3, 0.4) is 0 Å². The van der Waals surface area contributed by atoms with E-state index in [1.54, 1.807) is 0 Å². The molecular weight excluding hydrogens is 265 g/mol. The average Bonchev–Trinajstić information content (AvgIpc) is 2.37. The van der Waals surface area contributed by atoms with Gasteiger partial charge < -0.3 is 5.32 Å². The fourth-order valence-corrected chi connectivity index (χ4v) is 1.96. The van der Waals surface area contributed by atoms with Gasteiger partial charge in [-0.2, -0.15) is 0 Å².